The number of aromatic nitrogens is 1. The van der Waals surface area contributed by atoms with E-state index >= 15 is 0 Å². The molecular formula is C37H30BNO2S. The molecular weight excluding hydrogens is 533 g/mol. The Hall–Kier alpha value is -3.77. The summed E-state index contributed by atoms with van der Waals surface area (Å²) in [5.74, 6) is 0. The van der Waals surface area contributed by atoms with E-state index < -0.39 is 12.5 Å². The van der Waals surface area contributed by atoms with Crippen molar-refractivity contribution in [2.24, 2.45) is 0 Å². The van der Waals surface area contributed by atoms with E-state index in [0.717, 1.165) is 5.46 Å². The van der Waals surface area contributed by atoms with Crippen LogP contribution in [0.25, 0.3) is 27.5 Å². The zero-order valence-electron chi connectivity index (χ0n) is 24.1. The van der Waals surface area contributed by atoms with Crippen LogP contribution < -0.4 is 5.46 Å². The summed E-state index contributed by atoms with van der Waals surface area (Å²) < 4.78 is 15.5. The van der Waals surface area contributed by atoms with Crippen LogP contribution in [0.15, 0.2) is 119 Å². The van der Waals surface area contributed by atoms with E-state index in [4.69, 9.17) is 9.31 Å². The fraction of sp³-hybridized carbons (Fsp3) is 0.189. The standard InChI is InChI=1S/C37H30BNO2S/c1-35(2)36(3,4)41-38(40-35)23-20-21-28-33(22-23)42-32-19-10-7-15-27(32)37(28)26-14-6-9-18-31(26)39-30-17-8-5-12-24(30)25-13-11-16-29(37)34(25)39/h5-22H,1-4H3. The van der Waals surface area contributed by atoms with Crippen LogP contribution >= 0.6 is 11.8 Å². The minimum Gasteiger partial charge on any atom is -0.399 e. The van der Waals surface area contributed by atoms with E-state index in [1.165, 1.54) is 59.5 Å². The summed E-state index contributed by atoms with van der Waals surface area (Å²) in [5.41, 5.74) is 8.88. The van der Waals surface area contributed by atoms with Gasteiger partial charge in [-0.1, -0.05) is 96.7 Å². The van der Waals surface area contributed by atoms with Gasteiger partial charge in [0.1, 0.15) is 0 Å². The zero-order chi connectivity index (χ0) is 28.4. The molecule has 1 saturated heterocycles. The van der Waals surface area contributed by atoms with Crippen LogP contribution in [0.5, 0.6) is 0 Å². The Labute approximate surface area is 250 Å². The lowest BCUT2D eigenvalue weighted by Gasteiger charge is -2.45. The van der Waals surface area contributed by atoms with E-state index in [0.29, 0.717) is 0 Å². The van der Waals surface area contributed by atoms with Crippen molar-refractivity contribution in [1.82, 2.24) is 4.57 Å². The van der Waals surface area contributed by atoms with Crippen LogP contribution in [0.4, 0.5) is 0 Å². The van der Waals surface area contributed by atoms with E-state index in [2.05, 4.69) is 141 Å². The van der Waals surface area contributed by atoms with Crippen molar-refractivity contribution in [2.75, 3.05) is 0 Å². The van der Waals surface area contributed by atoms with Gasteiger partial charge in [0.25, 0.3) is 0 Å². The maximum absolute atomic E-state index is 6.50. The first kappa shape index (κ1) is 24.8. The van der Waals surface area contributed by atoms with Crippen LogP contribution in [0.2, 0.25) is 0 Å². The molecule has 3 aliphatic rings. The molecule has 1 atom stereocenters. The second-order valence-corrected chi connectivity index (χ2v) is 13.8. The maximum Gasteiger partial charge on any atom is 0.494 e. The monoisotopic (exact) mass is 563 g/mol. The Bertz CT molecular complexity index is 2090. The number of rotatable bonds is 1. The molecule has 204 valence electrons. The van der Waals surface area contributed by atoms with Crippen molar-refractivity contribution in [3.63, 3.8) is 0 Å². The second-order valence-electron chi connectivity index (χ2n) is 12.8. The predicted molar refractivity (Wildman–Crippen MR) is 172 cm³/mol. The summed E-state index contributed by atoms with van der Waals surface area (Å²) in [7, 11) is -0.404. The van der Waals surface area contributed by atoms with Crippen LogP contribution in [-0.2, 0) is 14.7 Å². The zero-order valence-corrected chi connectivity index (χ0v) is 25.0. The highest BCUT2D eigenvalue weighted by Crippen LogP contribution is 2.60. The number of hydrogen-bond acceptors (Lipinski definition) is 3. The highest BCUT2D eigenvalue weighted by molar-refractivity contribution is 7.99. The first-order valence-corrected chi connectivity index (χ1v) is 15.5. The Morgan fingerprint density at radius 2 is 1.24 bits per heavy atom. The molecule has 4 heterocycles. The van der Waals surface area contributed by atoms with Crippen molar-refractivity contribution in [3.8, 4) is 5.69 Å². The van der Waals surface area contributed by atoms with Gasteiger partial charge in [0, 0.05) is 20.6 Å². The second kappa shape index (κ2) is 8.20. The Kier molecular flexibility index (Phi) is 4.84. The summed E-state index contributed by atoms with van der Waals surface area (Å²) in [6.07, 6.45) is 0. The molecule has 1 fully saturated rings. The van der Waals surface area contributed by atoms with Gasteiger partial charge in [-0.25, -0.2) is 0 Å². The molecule has 42 heavy (non-hydrogen) atoms. The molecule has 0 saturated carbocycles. The third-order valence-corrected chi connectivity index (χ3v) is 11.2. The van der Waals surface area contributed by atoms with E-state index in [9.17, 15) is 0 Å². The molecule has 9 rings (SSSR count). The number of para-hydroxylation sites is 3. The first-order valence-electron chi connectivity index (χ1n) is 14.7. The van der Waals surface area contributed by atoms with Gasteiger partial charge in [-0.2, -0.15) is 0 Å². The van der Waals surface area contributed by atoms with Crippen molar-refractivity contribution in [1.29, 1.82) is 0 Å². The Morgan fingerprint density at radius 1 is 0.595 bits per heavy atom. The quantitative estimate of drug-likeness (QED) is 0.188. The molecule has 0 bridgehead atoms. The summed E-state index contributed by atoms with van der Waals surface area (Å²) >= 11 is 1.86. The van der Waals surface area contributed by atoms with Gasteiger partial charge in [0.15, 0.2) is 0 Å². The molecule has 1 spiro atoms. The summed E-state index contributed by atoms with van der Waals surface area (Å²) in [4.78, 5) is 2.53. The van der Waals surface area contributed by atoms with E-state index in [1.54, 1.807) is 0 Å². The molecule has 1 unspecified atom stereocenters. The third-order valence-electron chi connectivity index (χ3n) is 10.1. The van der Waals surface area contributed by atoms with Crippen LogP contribution in [-0.4, -0.2) is 22.9 Å². The van der Waals surface area contributed by atoms with Gasteiger partial charge in [0.2, 0.25) is 0 Å². The van der Waals surface area contributed by atoms with Gasteiger partial charge in [0.05, 0.1) is 33.3 Å². The van der Waals surface area contributed by atoms with Crippen molar-refractivity contribution >= 4 is 46.1 Å². The van der Waals surface area contributed by atoms with Crippen molar-refractivity contribution < 1.29 is 9.31 Å². The summed E-state index contributed by atoms with van der Waals surface area (Å²) in [6.45, 7) is 8.46. The van der Waals surface area contributed by atoms with Gasteiger partial charge < -0.3 is 13.9 Å². The Balaban J connectivity index is 1.39. The van der Waals surface area contributed by atoms with Crippen molar-refractivity contribution in [3.05, 3.63) is 131 Å². The fourth-order valence-corrected chi connectivity index (χ4v) is 8.71. The van der Waals surface area contributed by atoms with Crippen LogP contribution in [0, 0.1) is 0 Å². The molecule has 0 N–H and O–H groups in total. The molecule has 6 aromatic rings. The minimum absolute atomic E-state index is 0.389. The predicted octanol–water partition coefficient (Wildman–Crippen LogP) is 8.24. The number of hydrogen-bond donors (Lipinski definition) is 0. The number of fused-ring (bicyclic) bond motifs is 11. The average Bonchev–Trinajstić information content (AvgIpc) is 3.45. The molecule has 3 aliphatic heterocycles. The highest BCUT2D eigenvalue weighted by atomic mass is 32.2. The lowest BCUT2D eigenvalue weighted by atomic mass is 9.62. The normalized spacial score (nSPS) is 21.0. The molecule has 5 heteroatoms. The topological polar surface area (TPSA) is 23.4 Å². The van der Waals surface area contributed by atoms with E-state index in [1.807, 2.05) is 11.8 Å². The summed E-state index contributed by atoms with van der Waals surface area (Å²) in [6, 6.07) is 40.5. The Morgan fingerprint density at radius 3 is 2.07 bits per heavy atom. The molecule has 1 aromatic heterocycles. The molecule has 0 amide bonds. The molecule has 3 nitrogen and oxygen atoms in total. The third kappa shape index (κ3) is 2.96. The molecule has 0 radical (unpaired) electrons. The fourth-order valence-electron chi connectivity index (χ4n) is 7.47. The number of benzene rings is 5. The SMILES string of the molecule is CC1(C)OB(c2ccc3c(c2)Sc2ccccc2C32c3ccccc3-n3c4ccccc4c4cccc2c43)OC1(C)C. The highest BCUT2D eigenvalue weighted by Gasteiger charge is 2.53. The van der Waals surface area contributed by atoms with Crippen molar-refractivity contribution in [2.45, 2.75) is 54.1 Å². The molecule has 0 aliphatic carbocycles. The van der Waals surface area contributed by atoms with Crippen LogP contribution in [0.3, 0.4) is 0 Å². The first-order chi connectivity index (χ1) is 20.3. The van der Waals surface area contributed by atoms with Crippen LogP contribution in [0.1, 0.15) is 49.9 Å². The van der Waals surface area contributed by atoms with Gasteiger partial charge in [-0.3, -0.25) is 0 Å². The lowest BCUT2D eigenvalue weighted by Crippen LogP contribution is -2.41. The van der Waals surface area contributed by atoms with Gasteiger partial charge >= 0.3 is 7.12 Å². The van der Waals surface area contributed by atoms with Gasteiger partial charge in [-0.05, 0) is 79.7 Å². The molecule has 5 aromatic carbocycles. The van der Waals surface area contributed by atoms with Gasteiger partial charge in [-0.15, -0.1) is 0 Å². The maximum atomic E-state index is 6.50. The average molecular weight is 564 g/mol. The smallest absolute Gasteiger partial charge is 0.399 e. The number of nitrogens with zero attached hydrogens (tertiary/aromatic N) is 1. The lowest BCUT2D eigenvalue weighted by molar-refractivity contribution is 0.00578. The minimum atomic E-state index is -0.466. The van der Waals surface area contributed by atoms with E-state index in [-0.39, 0.29) is 11.2 Å². The largest absolute Gasteiger partial charge is 0.494 e. The summed E-state index contributed by atoms with van der Waals surface area (Å²) in [5, 5.41) is 2.58.